The number of hydrogen-bond acceptors (Lipinski definition) is 6. The molecule has 1 aliphatic heterocycles. The van der Waals surface area contributed by atoms with Crippen LogP contribution in [0.15, 0.2) is 30.3 Å². The first-order chi connectivity index (χ1) is 19.2. The van der Waals surface area contributed by atoms with Crippen LogP contribution in [0.4, 0.5) is 17.1 Å². The molecule has 1 saturated heterocycles. The molecule has 0 radical (unpaired) electrons. The topological polar surface area (TPSA) is 88.0 Å². The number of nitrogens with one attached hydrogen (secondary N) is 1. The molecule has 8 nitrogen and oxygen atoms in total. The smallest absolute Gasteiger partial charge is 0.292 e. The molecule has 2 aromatic rings. The molecule has 2 aromatic carbocycles. The van der Waals surface area contributed by atoms with Crippen molar-refractivity contribution in [3.63, 3.8) is 0 Å². The van der Waals surface area contributed by atoms with Crippen LogP contribution in [0.25, 0.3) is 0 Å². The summed E-state index contributed by atoms with van der Waals surface area (Å²) in [6, 6.07) is 8.70. The van der Waals surface area contributed by atoms with Gasteiger partial charge in [0.25, 0.3) is 11.6 Å². The summed E-state index contributed by atoms with van der Waals surface area (Å²) >= 11 is 12.5. The fourth-order valence-electron chi connectivity index (χ4n) is 8.32. The molecule has 0 unspecified atom stereocenters. The van der Waals surface area contributed by atoms with E-state index in [0.717, 1.165) is 23.4 Å². The molecule has 10 heteroatoms. The van der Waals surface area contributed by atoms with Crippen LogP contribution in [0.5, 0.6) is 5.75 Å². The molecule has 214 valence electrons. The molecule has 0 spiro atoms. The molecule has 4 saturated carbocycles. The SMILES string of the molecule is COc1c(Cl)cc(C(=O)N2CCN(c3ccc([N+](=O)[O-])c(N[C@H](C)C45CC6CC(CC(C6)C4)C5)c3)CC2)cc1Cl. The molecule has 1 N–H and O–H groups in total. The van der Waals surface area contributed by atoms with Gasteiger partial charge in [-0.3, -0.25) is 14.9 Å². The number of benzene rings is 2. The summed E-state index contributed by atoms with van der Waals surface area (Å²) in [5.74, 6) is 2.67. The van der Waals surface area contributed by atoms with Gasteiger partial charge in [-0.25, -0.2) is 0 Å². The Balaban J connectivity index is 1.15. The number of carbonyl (C=O) groups excluding carboxylic acids is 1. The molecule has 40 heavy (non-hydrogen) atoms. The van der Waals surface area contributed by atoms with Gasteiger partial charge in [-0.15, -0.1) is 0 Å². The van der Waals surface area contributed by atoms with E-state index in [1.54, 1.807) is 23.1 Å². The number of carbonyl (C=O) groups is 1. The number of nitro groups is 1. The number of nitrogens with zero attached hydrogens (tertiary/aromatic N) is 3. The number of rotatable bonds is 7. The summed E-state index contributed by atoms with van der Waals surface area (Å²) in [5, 5.41) is 16.2. The lowest BCUT2D eigenvalue weighted by Gasteiger charge is -2.59. The summed E-state index contributed by atoms with van der Waals surface area (Å²) in [6.45, 7) is 4.49. The third kappa shape index (κ3) is 4.98. The summed E-state index contributed by atoms with van der Waals surface area (Å²) in [6.07, 6.45) is 7.82. The highest BCUT2D eigenvalue weighted by Gasteiger charge is 2.53. The van der Waals surface area contributed by atoms with Crippen LogP contribution in [-0.4, -0.2) is 55.1 Å². The van der Waals surface area contributed by atoms with Crippen LogP contribution in [0.2, 0.25) is 10.0 Å². The molecule has 5 aliphatic rings. The van der Waals surface area contributed by atoms with Gasteiger partial charge in [-0.2, -0.15) is 0 Å². The van der Waals surface area contributed by atoms with Crippen LogP contribution in [-0.2, 0) is 0 Å². The number of halogens is 2. The van der Waals surface area contributed by atoms with Crippen molar-refractivity contribution in [1.82, 2.24) is 4.90 Å². The standard InChI is InChI=1S/C30H36Cl2N4O4/c1-18(30-15-19-9-20(16-30)11-21(10-19)17-30)33-26-14-23(3-4-27(26)36(38)39)34-5-7-35(8-6-34)29(37)22-12-24(31)28(40-2)25(32)13-22/h3-4,12-14,18-21,33H,5-11,15-17H2,1-2H3/t18-,19?,20?,21?,30?/m1/s1. The minimum Gasteiger partial charge on any atom is -0.494 e. The van der Waals surface area contributed by atoms with Gasteiger partial charge in [0.05, 0.1) is 22.1 Å². The van der Waals surface area contributed by atoms with Crippen molar-refractivity contribution in [3.8, 4) is 5.75 Å². The Morgan fingerprint density at radius 3 is 2.12 bits per heavy atom. The minimum absolute atomic E-state index is 0.113. The van der Waals surface area contributed by atoms with Crippen molar-refractivity contribution in [3.05, 3.63) is 56.1 Å². The van der Waals surface area contributed by atoms with E-state index in [9.17, 15) is 14.9 Å². The maximum absolute atomic E-state index is 13.2. The maximum atomic E-state index is 13.2. The average molecular weight is 588 g/mol. The van der Waals surface area contributed by atoms with Crippen molar-refractivity contribution in [2.45, 2.75) is 51.5 Å². The molecule has 7 rings (SSSR count). The fraction of sp³-hybridized carbons (Fsp3) is 0.567. The number of nitro benzene ring substituents is 1. The molecule has 1 heterocycles. The van der Waals surface area contributed by atoms with Gasteiger partial charge in [-0.1, -0.05) is 23.2 Å². The zero-order valence-electron chi connectivity index (χ0n) is 23.0. The van der Waals surface area contributed by atoms with Crippen molar-refractivity contribution in [2.75, 3.05) is 43.5 Å². The number of amides is 1. The van der Waals surface area contributed by atoms with E-state index >= 15 is 0 Å². The molecule has 4 bridgehead atoms. The molecule has 1 amide bonds. The highest BCUT2D eigenvalue weighted by molar-refractivity contribution is 6.37. The monoisotopic (exact) mass is 586 g/mol. The lowest BCUT2D eigenvalue weighted by Crippen LogP contribution is -2.53. The van der Waals surface area contributed by atoms with Gasteiger partial charge in [0, 0.05) is 49.5 Å². The Morgan fingerprint density at radius 2 is 1.60 bits per heavy atom. The van der Waals surface area contributed by atoms with E-state index in [4.69, 9.17) is 27.9 Å². The molecule has 0 aromatic heterocycles. The van der Waals surface area contributed by atoms with Gasteiger partial charge in [0.1, 0.15) is 5.69 Å². The number of methoxy groups -OCH3 is 1. The van der Waals surface area contributed by atoms with E-state index in [-0.39, 0.29) is 28.0 Å². The molecule has 4 aliphatic carbocycles. The van der Waals surface area contributed by atoms with E-state index in [1.807, 2.05) is 12.1 Å². The first-order valence-electron chi connectivity index (χ1n) is 14.3. The number of ether oxygens (including phenoxy) is 1. The third-order valence-electron chi connectivity index (χ3n) is 9.93. The van der Waals surface area contributed by atoms with Gasteiger partial charge < -0.3 is 19.9 Å². The molecule has 5 fully saturated rings. The predicted octanol–water partition coefficient (Wildman–Crippen LogP) is 6.89. The second kappa shape index (κ2) is 10.6. The third-order valence-corrected chi connectivity index (χ3v) is 10.5. The van der Waals surface area contributed by atoms with Crippen molar-refractivity contribution < 1.29 is 14.5 Å². The fourth-order valence-corrected chi connectivity index (χ4v) is 8.96. The Kier molecular flexibility index (Phi) is 7.28. The van der Waals surface area contributed by atoms with Gasteiger partial charge >= 0.3 is 0 Å². The molecular weight excluding hydrogens is 551 g/mol. The highest BCUT2D eigenvalue weighted by Crippen LogP contribution is 2.61. The lowest BCUT2D eigenvalue weighted by molar-refractivity contribution is -0.384. The molecule has 1 atom stereocenters. The van der Waals surface area contributed by atoms with Gasteiger partial charge in [0.2, 0.25) is 0 Å². The first kappa shape index (κ1) is 27.5. The van der Waals surface area contributed by atoms with Crippen LogP contribution in [0, 0.1) is 33.3 Å². The van der Waals surface area contributed by atoms with Crippen LogP contribution in [0.1, 0.15) is 55.8 Å². The van der Waals surface area contributed by atoms with Crippen LogP contribution >= 0.6 is 23.2 Å². The summed E-state index contributed by atoms with van der Waals surface area (Å²) in [4.78, 5) is 28.8. The Hall–Kier alpha value is -2.71. The zero-order chi connectivity index (χ0) is 28.2. The lowest BCUT2D eigenvalue weighted by atomic mass is 9.48. The molecular formula is C30H36Cl2N4O4. The van der Waals surface area contributed by atoms with Gasteiger partial charge in [0.15, 0.2) is 5.75 Å². The van der Waals surface area contributed by atoms with Crippen LogP contribution < -0.4 is 15.0 Å². The van der Waals surface area contributed by atoms with E-state index in [1.165, 1.54) is 45.6 Å². The second-order valence-corrected chi connectivity index (χ2v) is 13.2. The van der Waals surface area contributed by atoms with E-state index in [2.05, 4.69) is 17.1 Å². The first-order valence-corrected chi connectivity index (χ1v) is 15.0. The van der Waals surface area contributed by atoms with E-state index in [0.29, 0.717) is 53.2 Å². The Morgan fingerprint density at radius 1 is 1.02 bits per heavy atom. The van der Waals surface area contributed by atoms with Gasteiger partial charge in [-0.05, 0) is 92.9 Å². The van der Waals surface area contributed by atoms with Crippen molar-refractivity contribution in [1.29, 1.82) is 0 Å². The normalized spacial score (nSPS) is 27.9. The zero-order valence-corrected chi connectivity index (χ0v) is 24.5. The van der Waals surface area contributed by atoms with Crippen molar-refractivity contribution >= 4 is 46.2 Å². The van der Waals surface area contributed by atoms with E-state index < -0.39 is 0 Å². The largest absolute Gasteiger partial charge is 0.494 e. The summed E-state index contributed by atoms with van der Waals surface area (Å²) < 4.78 is 5.19. The predicted molar refractivity (Wildman–Crippen MR) is 158 cm³/mol. The summed E-state index contributed by atoms with van der Waals surface area (Å²) in [5.41, 5.74) is 2.28. The quantitative estimate of drug-likeness (QED) is 0.281. The number of piperazine rings is 1. The minimum atomic E-state index is -0.291. The van der Waals surface area contributed by atoms with Crippen molar-refractivity contribution in [2.24, 2.45) is 23.2 Å². The van der Waals surface area contributed by atoms with Crippen LogP contribution in [0.3, 0.4) is 0 Å². The Labute approximate surface area is 245 Å². The Bertz CT molecular complexity index is 1270. The summed E-state index contributed by atoms with van der Waals surface area (Å²) in [7, 11) is 1.48. The average Bonchev–Trinajstić information content (AvgIpc) is 2.91. The maximum Gasteiger partial charge on any atom is 0.292 e. The second-order valence-electron chi connectivity index (χ2n) is 12.4. The number of anilines is 2. The number of hydrogen-bond donors (Lipinski definition) is 1. The highest BCUT2D eigenvalue weighted by atomic mass is 35.5.